The van der Waals surface area contributed by atoms with Gasteiger partial charge in [-0.25, -0.2) is 13.4 Å². The van der Waals surface area contributed by atoms with Gasteiger partial charge < -0.3 is 4.90 Å². The van der Waals surface area contributed by atoms with Crippen molar-refractivity contribution in [1.29, 1.82) is 0 Å². The maximum atomic E-state index is 13.0. The molecule has 4 rings (SSSR count). The van der Waals surface area contributed by atoms with Crippen molar-refractivity contribution in [3.63, 3.8) is 0 Å². The number of hydrogen-bond acceptors (Lipinski definition) is 5. The van der Waals surface area contributed by atoms with Crippen LogP contribution in [0.2, 0.25) is 10.0 Å². The van der Waals surface area contributed by atoms with Gasteiger partial charge in [0.15, 0.2) is 0 Å². The minimum absolute atomic E-state index is 0.00813. The van der Waals surface area contributed by atoms with E-state index in [0.717, 1.165) is 16.1 Å². The molecular weight excluding hydrogens is 477 g/mol. The molecule has 1 saturated heterocycles. The second-order valence-electron chi connectivity index (χ2n) is 7.15. The van der Waals surface area contributed by atoms with Gasteiger partial charge in [-0.2, -0.15) is 4.31 Å². The van der Waals surface area contributed by atoms with E-state index < -0.39 is 10.0 Å². The molecule has 0 spiro atoms. The Morgan fingerprint density at radius 2 is 1.71 bits per heavy atom. The van der Waals surface area contributed by atoms with Crippen molar-refractivity contribution in [1.82, 2.24) is 14.2 Å². The monoisotopic (exact) mass is 495 g/mol. The van der Waals surface area contributed by atoms with Gasteiger partial charge in [-0.15, -0.1) is 11.3 Å². The first-order valence-corrected chi connectivity index (χ1v) is 12.6. The van der Waals surface area contributed by atoms with Crippen molar-refractivity contribution in [3.05, 3.63) is 69.1 Å². The standard InChI is InChI=1S/C21H19Cl2N3O3S2/c1-14-5-7-15(8-6-14)20-24-17(13-30-20)21(27)25-9-11-26(12-10-25)31(28,29)18-4-2-3-16(22)19(18)23/h2-8,13H,9-12H2,1H3. The number of rotatable bonds is 4. The summed E-state index contributed by atoms with van der Waals surface area (Å²) in [5, 5.41) is 2.71. The first-order valence-electron chi connectivity index (χ1n) is 9.53. The molecule has 1 amide bonds. The molecule has 10 heteroatoms. The molecule has 0 unspecified atom stereocenters. The van der Waals surface area contributed by atoms with Crippen LogP contribution in [0.25, 0.3) is 10.6 Å². The van der Waals surface area contributed by atoms with E-state index in [-0.39, 0.29) is 47.0 Å². The summed E-state index contributed by atoms with van der Waals surface area (Å²) in [5.41, 5.74) is 2.49. The number of piperazine rings is 1. The van der Waals surface area contributed by atoms with Crippen LogP contribution in [0.15, 0.2) is 52.7 Å². The summed E-state index contributed by atoms with van der Waals surface area (Å²) in [6.07, 6.45) is 0. The first kappa shape index (κ1) is 22.2. The second-order valence-corrected chi connectivity index (χ2v) is 10.7. The SMILES string of the molecule is Cc1ccc(-c2nc(C(=O)N3CCN(S(=O)(=O)c4cccc(Cl)c4Cl)CC3)cs2)cc1. The maximum Gasteiger partial charge on any atom is 0.273 e. The summed E-state index contributed by atoms with van der Waals surface area (Å²) in [5.74, 6) is -0.201. The molecule has 3 aromatic rings. The Morgan fingerprint density at radius 3 is 2.39 bits per heavy atom. The Bertz CT molecular complexity index is 1220. The van der Waals surface area contributed by atoms with Crippen LogP contribution < -0.4 is 0 Å². The highest BCUT2D eigenvalue weighted by Crippen LogP contribution is 2.31. The molecule has 2 aromatic carbocycles. The van der Waals surface area contributed by atoms with Gasteiger partial charge in [0.1, 0.15) is 15.6 Å². The Labute approximate surface area is 195 Å². The molecule has 0 aliphatic carbocycles. The Balaban J connectivity index is 1.45. The number of carbonyl (C=O) groups is 1. The molecule has 0 radical (unpaired) electrons. The largest absolute Gasteiger partial charge is 0.335 e. The summed E-state index contributed by atoms with van der Waals surface area (Å²) in [6.45, 7) is 2.90. The van der Waals surface area contributed by atoms with E-state index >= 15 is 0 Å². The average Bonchev–Trinajstić information content (AvgIpc) is 3.26. The van der Waals surface area contributed by atoms with Gasteiger partial charge >= 0.3 is 0 Å². The zero-order valence-electron chi connectivity index (χ0n) is 16.6. The highest BCUT2D eigenvalue weighted by atomic mass is 35.5. The van der Waals surface area contributed by atoms with E-state index in [4.69, 9.17) is 23.2 Å². The Hall–Kier alpha value is -1.97. The number of hydrogen-bond donors (Lipinski definition) is 0. The van der Waals surface area contributed by atoms with Gasteiger partial charge in [-0.1, -0.05) is 59.1 Å². The smallest absolute Gasteiger partial charge is 0.273 e. The predicted molar refractivity (Wildman–Crippen MR) is 123 cm³/mol. The quantitative estimate of drug-likeness (QED) is 0.531. The van der Waals surface area contributed by atoms with E-state index in [1.807, 2.05) is 31.2 Å². The van der Waals surface area contributed by atoms with Crippen molar-refractivity contribution in [2.24, 2.45) is 0 Å². The molecule has 1 fully saturated rings. The summed E-state index contributed by atoms with van der Waals surface area (Å²) in [7, 11) is -3.80. The molecule has 0 N–H and O–H groups in total. The normalized spacial score (nSPS) is 15.3. The number of nitrogens with zero attached hydrogens (tertiary/aromatic N) is 3. The zero-order chi connectivity index (χ0) is 22.2. The Kier molecular flexibility index (Phi) is 6.37. The summed E-state index contributed by atoms with van der Waals surface area (Å²) >= 11 is 13.5. The third-order valence-electron chi connectivity index (χ3n) is 5.08. The molecule has 1 aromatic heterocycles. The molecule has 2 heterocycles. The summed E-state index contributed by atoms with van der Waals surface area (Å²) < 4.78 is 27.2. The van der Waals surface area contributed by atoms with Gasteiger partial charge in [0.2, 0.25) is 10.0 Å². The van der Waals surface area contributed by atoms with Gasteiger partial charge in [0.05, 0.1) is 10.0 Å². The fourth-order valence-corrected chi connectivity index (χ4v) is 6.27. The topological polar surface area (TPSA) is 70.6 Å². The minimum Gasteiger partial charge on any atom is -0.335 e. The average molecular weight is 496 g/mol. The maximum absolute atomic E-state index is 13.0. The molecular formula is C21H19Cl2N3O3S2. The molecule has 1 aliphatic rings. The third-order valence-corrected chi connectivity index (χ3v) is 8.84. The molecule has 162 valence electrons. The lowest BCUT2D eigenvalue weighted by Crippen LogP contribution is -2.50. The van der Waals surface area contributed by atoms with E-state index in [1.54, 1.807) is 16.3 Å². The van der Waals surface area contributed by atoms with Crippen molar-refractivity contribution < 1.29 is 13.2 Å². The minimum atomic E-state index is -3.80. The van der Waals surface area contributed by atoms with Crippen LogP contribution in [-0.4, -0.2) is 54.7 Å². The van der Waals surface area contributed by atoms with Crippen LogP contribution in [-0.2, 0) is 10.0 Å². The molecule has 6 nitrogen and oxygen atoms in total. The molecule has 0 atom stereocenters. The predicted octanol–water partition coefficient (Wildman–Crippen LogP) is 4.57. The fraction of sp³-hybridized carbons (Fsp3) is 0.238. The van der Waals surface area contributed by atoms with E-state index in [9.17, 15) is 13.2 Å². The van der Waals surface area contributed by atoms with Gasteiger partial charge in [0.25, 0.3) is 5.91 Å². The molecule has 31 heavy (non-hydrogen) atoms. The number of thiazole rings is 1. The number of amides is 1. The van der Waals surface area contributed by atoms with Crippen molar-refractivity contribution in [2.45, 2.75) is 11.8 Å². The number of sulfonamides is 1. The van der Waals surface area contributed by atoms with Crippen LogP contribution in [0.3, 0.4) is 0 Å². The zero-order valence-corrected chi connectivity index (χ0v) is 19.7. The number of aryl methyl sites for hydroxylation is 1. The van der Waals surface area contributed by atoms with Gasteiger partial charge in [-0.05, 0) is 19.1 Å². The van der Waals surface area contributed by atoms with Crippen molar-refractivity contribution in [3.8, 4) is 10.6 Å². The molecule has 0 bridgehead atoms. The van der Waals surface area contributed by atoms with Gasteiger partial charge in [0, 0.05) is 37.1 Å². The molecule has 1 aliphatic heterocycles. The number of aromatic nitrogens is 1. The van der Waals surface area contributed by atoms with Crippen LogP contribution in [0.4, 0.5) is 0 Å². The third kappa shape index (κ3) is 4.49. The number of benzene rings is 2. The Morgan fingerprint density at radius 1 is 1.03 bits per heavy atom. The lowest BCUT2D eigenvalue weighted by atomic mass is 10.2. The van der Waals surface area contributed by atoms with E-state index in [2.05, 4.69) is 4.98 Å². The first-order chi connectivity index (χ1) is 14.8. The molecule has 0 saturated carbocycles. The summed E-state index contributed by atoms with van der Waals surface area (Å²) in [4.78, 5) is 19.0. The van der Waals surface area contributed by atoms with Crippen LogP contribution in [0, 0.1) is 6.92 Å². The van der Waals surface area contributed by atoms with Crippen molar-refractivity contribution >= 4 is 50.5 Å². The number of halogens is 2. The highest BCUT2D eigenvalue weighted by molar-refractivity contribution is 7.89. The lowest BCUT2D eigenvalue weighted by Gasteiger charge is -2.33. The van der Waals surface area contributed by atoms with Gasteiger partial charge in [-0.3, -0.25) is 4.79 Å². The van der Waals surface area contributed by atoms with Crippen molar-refractivity contribution in [2.75, 3.05) is 26.2 Å². The van der Waals surface area contributed by atoms with Crippen LogP contribution in [0.1, 0.15) is 16.1 Å². The van der Waals surface area contributed by atoms with Crippen LogP contribution in [0.5, 0.6) is 0 Å². The van der Waals surface area contributed by atoms with E-state index in [0.29, 0.717) is 5.69 Å². The number of carbonyl (C=O) groups excluding carboxylic acids is 1. The van der Waals surface area contributed by atoms with E-state index in [1.165, 1.54) is 27.8 Å². The van der Waals surface area contributed by atoms with Crippen LogP contribution >= 0.6 is 34.5 Å². The second kappa shape index (κ2) is 8.88. The lowest BCUT2D eigenvalue weighted by molar-refractivity contribution is 0.0693. The highest BCUT2D eigenvalue weighted by Gasteiger charge is 2.32. The fourth-order valence-electron chi connectivity index (χ4n) is 3.32. The summed E-state index contributed by atoms with van der Waals surface area (Å²) in [6, 6.07) is 12.5.